The number of thiophene rings is 1. The van der Waals surface area contributed by atoms with E-state index in [1.165, 1.54) is 20.8 Å². The summed E-state index contributed by atoms with van der Waals surface area (Å²) in [6, 6.07) is 3.94. The predicted molar refractivity (Wildman–Crippen MR) is 97.4 cm³/mol. The lowest BCUT2D eigenvalue weighted by Crippen LogP contribution is -2.27. The molecule has 2 aromatic rings. The Balaban J connectivity index is 1.83. The lowest BCUT2D eigenvalue weighted by Gasteiger charge is -2.09. The number of aromatic nitrogens is 1. The van der Waals surface area contributed by atoms with Gasteiger partial charge in [-0.05, 0) is 65.7 Å². The molecule has 1 aliphatic rings. The lowest BCUT2D eigenvalue weighted by molar-refractivity contribution is -0.116. The van der Waals surface area contributed by atoms with Gasteiger partial charge in [0.25, 0.3) is 5.56 Å². The minimum absolute atomic E-state index is 0.0768. The predicted octanol–water partition coefficient (Wildman–Crippen LogP) is 3.37. The highest BCUT2D eigenvalue weighted by atomic mass is 79.9. The molecule has 2 heterocycles. The van der Waals surface area contributed by atoms with Gasteiger partial charge in [0.15, 0.2) is 0 Å². The fourth-order valence-electron chi connectivity index (χ4n) is 2.95. The van der Waals surface area contributed by atoms with Crippen LogP contribution < -0.4 is 10.9 Å². The molecule has 1 aliphatic carbocycles. The molecule has 124 valence electrons. The summed E-state index contributed by atoms with van der Waals surface area (Å²) in [5, 5.41) is 12.8. The number of anilines is 1. The van der Waals surface area contributed by atoms with Gasteiger partial charge in [-0.3, -0.25) is 9.59 Å². The number of carbonyl (C=O) groups is 1. The second kappa shape index (κ2) is 6.91. The molecule has 2 aromatic heterocycles. The number of hydrogen-bond acceptors (Lipinski definition) is 4. The lowest BCUT2D eigenvalue weighted by atomic mass is 9.96. The van der Waals surface area contributed by atoms with Crippen molar-refractivity contribution in [2.24, 2.45) is 0 Å². The van der Waals surface area contributed by atoms with Gasteiger partial charge in [0.05, 0.1) is 10.0 Å². The first-order valence-electron chi connectivity index (χ1n) is 7.70. The number of amides is 1. The smallest absolute Gasteiger partial charge is 0.265 e. The second-order valence-electron chi connectivity index (χ2n) is 5.87. The highest BCUT2D eigenvalue weighted by molar-refractivity contribution is 9.10. The van der Waals surface area contributed by atoms with Crippen LogP contribution >= 0.6 is 27.3 Å². The molecule has 3 rings (SSSR count). The first-order chi connectivity index (χ1) is 11.5. The first kappa shape index (κ1) is 16.9. The Morgan fingerprint density at radius 1 is 1.46 bits per heavy atom. The molecule has 0 aromatic carbocycles. The molecule has 1 amide bonds. The normalized spacial score (nSPS) is 13.2. The van der Waals surface area contributed by atoms with E-state index in [1.54, 1.807) is 12.3 Å². The average Bonchev–Trinajstić information content (AvgIpc) is 2.88. The zero-order valence-electron chi connectivity index (χ0n) is 13.2. The van der Waals surface area contributed by atoms with Gasteiger partial charge in [0.2, 0.25) is 5.91 Å². The van der Waals surface area contributed by atoms with Crippen LogP contribution in [-0.4, -0.2) is 10.5 Å². The molecule has 0 radical (unpaired) electrons. The van der Waals surface area contributed by atoms with Gasteiger partial charge in [-0.1, -0.05) is 0 Å². The van der Waals surface area contributed by atoms with E-state index in [2.05, 4.69) is 27.3 Å². The van der Waals surface area contributed by atoms with Gasteiger partial charge in [-0.2, -0.15) is 5.26 Å². The maximum atomic E-state index is 12.3. The van der Waals surface area contributed by atoms with E-state index < -0.39 is 0 Å². The molecular formula is C17H16BrN3O2S. The number of aryl methyl sites for hydroxylation is 2. The van der Waals surface area contributed by atoms with E-state index in [1.807, 2.05) is 6.92 Å². The summed E-state index contributed by atoms with van der Waals surface area (Å²) in [4.78, 5) is 25.6. The summed E-state index contributed by atoms with van der Waals surface area (Å²) in [6.45, 7) is 1.78. The minimum Gasteiger partial charge on any atom is -0.315 e. The van der Waals surface area contributed by atoms with Crippen LogP contribution in [0.2, 0.25) is 0 Å². The molecule has 24 heavy (non-hydrogen) atoms. The highest BCUT2D eigenvalue weighted by Gasteiger charge is 2.22. The van der Waals surface area contributed by atoms with E-state index in [9.17, 15) is 14.9 Å². The van der Waals surface area contributed by atoms with Gasteiger partial charge in [0.1, 0.15) is 17.6 Å². The van der Waals surface area contributed by atoms with Crippen molar-refractivity contribution < 1.29 is 4.79 Å². The number of nitriles is 1. The van der Waals surface area contributed by atoms with Crippen LogP contribution in [0.15, 0.2) is 21.5 Å². The van der Waals surface area contributed by atoms with Gasteiger partial charge in [0, 0.05) is 11.1 Å². The summed E-state index contributed by atoms with van der Waals surface area (Å²) in [6.07, 6.45) is 5.72. The summed E-state index contributed by atoms with van der Waals surface area (Å²) >= 11 is 4.69. The average molecular weight is 406 g/mol. The molecule has 1 N–H and O–H groups in total. The summed E-state index contributed by atoms with van der Waals surface area (Å²) < 4.78 is 1.80. The Morgan fingerprint density at radius 3 is 2.96 bits per heavy atom. The number of nitrogens with zero attached hydrogens (tertiary/aromatic N) is 2. The first-order valence-corrected chi connectivity index (χ1v) is 9.31. The molecule has 7 heteroatoms. The zero-order chi connectivity index (χ0) is 17.3. The second-order valence-corrected chi connectivity index (χ2v) is 7.83. The highest BCUT2D eigenvalue weighted by Crippen LogP contribution is 2.37. The largest absolute Gasteiger partial charge is 0.315 e. The Hall–Kier alpha value is -1.91. The fraction of sp³-hybridized carbons (Fsp3) is 0.353. The molecule has 0 spiro atoms. The van der Waals surface area contributed by atoms with Gasteiger partial charge in [-0.25, -0.2) is 0 Å². The number of pyridine rings is 1. The summed E-state index contributed by atoms with van der Waals surface area (Å²) in [5.74, 6) is -0.301. The number of fused-ring (bicyclic) bond motifs is 1. The Morgan fingerprint density at radius 2 is 2.21 bits per heavy atom. The number of halogens is 1. The van der Waals surface area contributed by atoms with E-state index in [0.717, 1.165) is 36.8 Å². The Bertz CT molecular complexity index is 908. The van der Waals surface area contributed by atoms with E-state index in [-0.39, 0.29) is 18.0 Å². The number of hydrogen-bond donors (Lipinski definition) is 1. The third-order valence-corrected chi connectivity index (χ3v) is 5.80. The summed E-state index contributed by atoms with van der Waals surface area (Å²) in [5.41, 5.74) is 2.31. The van der Waals surface area contributed by atoms with Gasteiger partial charge < -0.3 is 9.88 Å². The molecule has 5 nitrogen and oxygen atoms in total. The maximum Gasteiger partial charge on any atom is 0.265 e. The molecular weight excluding hydrogens is 390 g/mol. The van der Waals surface area contributed by atoms with Crippen molar-refractivity contribution in [2.75, 3.05) is 5.32 Å². The Labute approximate surface area is 152 Å². The van der Waals surface area contributed by atoms with Crippen LogP contribution in [0.25, 0.3) is 0 Å². The number of nitrogens with one attached hydrogen (secondary N) is 1. The van der Waals surface area contributed by atoms with Crippen molar-refractivity contribution in [1.29, 1.82) is 5.26 Å². The van der Waals surface area contributed by atoms with E-state index in [4.69, 9.17) is 0 Å². The SMILES string of the molecule is Cc1cc(Br)c(=O)n(CC(=O)Nc2sc3c(c2C#N)CCCC3)c1. The van der Waals surface area contributed by atoms with Crippen molar-refractivity contribution in [2.45, 2.75) is 39.2 Å². The third kappa shape index (κ3) is 3.30. The Kier molecular flexibility index (Phi) is 4.88. The van der Waals surface area contributed by atoms with Crippen LogP contribution in [-0.2, 0) is 24.2 Å². The molecule has 0 unspecified atom stereocenters. The minimum atomic E-state index is -0.301. The standard InChI is InChI=1S/C17H16BrN3O2S/c1-10-6-13(18)17(23)21(8-10)9-15(22)20-16-12(7-19)11-4-2-3-5-14(11)24-16/h6,8H,2-5,9H2,1H3,(H,20,22). The van der Waals surface area contributed by atoms with Crippen LogP contribution in [0.3, 0.4) is 0 Å². The van der Waals surface area contributed by atoms with Gasteiger partial charge >= 0.3 is 0 Å². The van der Waals surface area contributed by atoms with E-state index in [0.29, 0.717) is 15.0 Å². The molecule has 0 saturated carbocycles. The van der Waals surface area contributed by atoms with Crippen molar-refractivity contribution in [1.82, 2.24) is 4.57 Å². The molecule has 0 fully saturated rings. The van der Waals surface area contributed by atoms with Crippen LogP contribution in [0.5, 0.6) is 0 Å². The zero-order valence-corrected chi connectivity index (χ0v) is 15.6. The van der Waals surface area contributed by atoms with Crippen LogP contribution in [0.1, 0.15) is 34.4 Å². The molecule has 0 atom stereocenters. The fourth-order valence-corrected chi connectivity index (χ4v) is 4.80. The van der Waals surface area contributed by atoms with Crippen molar-refractivity contribution in [3.63, 3.8) is 0 Å². The molecule has 0 aliphatic heterocycles. The van der Waals surface area contributed by atoms with Crippen LogP contribution in [0.4, 0.5) is 5.00 Å². The maximum absolute atomic E-state index is 12.3. The molecule has 0 saturated heterocycles. The molecule has 0 bridgehead atoms. The number of carbonyl (C=O) groups excluding carboxylic acids is 1. The van der Waals surface area contributed by atoms with E-state index >= 15 is 0 Å². The van der Waals surface area contributed by atoms with Gasteiger partial charge in [-0.15, -0.1) is 11.3 Å². The monoisotopic (exact) mass is 405 g/mol. The van der Waals surface area contributed by atoms with Crippen LogP contribution in [0, 0.1) is 18.3 Å². The topological polar surface area (TPSA) is 74.9 Å². The van der Waals surface area contributed by atoms with Crippen molar-refractivity contribution in [3.05, 3.63) is 48.7 Å². The quantitative estimate of drug-likeness (QED) is 0.850. The third-order valence-electron chi connectivity index (χ3n) is 4.03. The van der Waals surface area contributed by atoms with Crippen molar-refractivity contribution >= 4 is 38.2 Å². The van der Waals surface area contributed by atoms with Crippen molar-refractivity contribution in [3.8, 4) is 6.07 Å². The summed E-state index contributed by atoms with van der Waals surface area (Å²) in [7, 11) is 0. The number of rotatable bonds is 3.